The van der Waals surface area contributed by atoms with Crippen LogP contribution in [0, 0.1) is 5.92 Å². The van der Waals surface area contributed by atoms with Crippen molar-refractivity contribution < 1.29 is 13.2 Å². The molecule has 0 aliphatic carbocycles. The third-order valence-corrected chi connectivity index (χ3v) is 8.98. The van der Waals surface area contributed by atoms with E-state index >= 15 is 0 Å². The summed E-state index contributed by atoms with van der Waals surface area (Å²) in [6.45, 7) is 4.34. The molecular formula is C25H31Cl2N3O3S. The van der Waals surface area contributed by atoms with Crippen molar-refractivity contribution in [2.24, 2.45) is 5.92 Å². The van der Waals surface area contributed by atoms with E-state index in [1.165, 1.54) is 35.8 Å². The predicted molar refractivity (Wildman–Crippen MR) is 136 cm³/mol. The highest BCUT2D eigenvalue weighted by molar-refractivity contribution is 7.88. The SMILES string of the molecule is O=C(NCc1ccc(CN2CCCC2)cc1)[C@H]1CCCN(S(=O)(=O)Cc2ccc(Cl)cc2Cl)C1. The fourth-order valence-electron chi connectivity index (χ4n) is 4.63. The van der Waals surface area contributed by atoms with Gasteiger partial charge in [-0.1, -0.05) is 53.5 Å². The van der Waals surface area contributed by atoms with Crippen LogP contribution in [0.5, 0.6) is 0 Å². The van der Waals surface area contributed by atoms with Crippen LogP contribution in [0.4, 0.5) is 0 Å². The minimum Gasteiger partial charge on any atom is -0.352 e. The van der Waals surface area contributed by atoms with Gasteiger partial charge in [0, 0.05) is 36.2 Å². The molecule has 1 N–H and O–H groups in total. The smallest absolute Gasteiger partial charge is 0.224 e. The summed E-state index contributed by atoms with van der Waals surface area (Å²) in [5.74, 6) is -0.676. The molecule has 0 aromatic heterocycles. The van der Waals surface area contributed by atoms with Gasteiger partial charge >= 0.3 is 0 Å². The molecule has 1 atom stereocenters. The first kappa shape index (κ1) is 25.5. The van der Waals surface area contributed by atoms with Crippen LogP contribution in [0.15, 0.2) is 42.5 Å². The van der Waals surface area contributed by atoms with E-state index in [9.17, 15) is 13.2 Å². The fourth-order valence-corrected chi connectivity index (χ4v) is 6.83. The molecule has 34 heavy (non-hydrogen) atoms. The number of nitrogens with zero attached hydrogens (tertiary/aromatic N) is 2. The molecule has 2 fully saturated rings. The number of hydrogen-bond donors (Lipinski definition) is 1. The van der Waals surface area contributed by atoms with Crippen molar-refractivity contribution in [3.8, 4) is 0 Å². The van der Waals surface area contributed by atoms with Crippen molar-refractivity contribution in [3.05, 3.63) is 69.2 Å². The molecule has 2 heterocycles. The summed E-state index contributed by atoms with van der Waals surface area (Å²) in [7, 11) is -3.60. The van der Waals surface area contributed by atoms with Crippen molar-refractivity contribution in [1.29, 1.82) is 0 Å². The van der Waals surface area contributed by atoms with Crippen LogP contribution < -0.4 is 5.32 Å². The largest absolute Gasteiger partial charge is 0.352 e. The van der Waals surface area contributed by atoms with Crippen LogP contribution in [-0.2, 0) is 33.7 Å². The molecule has 4 rings (SSSR count). The van der Waals surface area contributed by atoms with E-state index in [1.54, 1.807) is 18.2 Å². The Balaban J connectivity index is 1.29. The number of likely N-dealkylation sites (tertiary alicyclic amines) is 1. The second-order valence-electron chi connectivity index (χ2n) is 9.21. The van der Waals surface area contributed by atoms with Crippen molar-refractivity contribution in [3.63, 3.8) is 0 Å². The molecule has 2 aliphatic heterocycles. The first-order valence-electron chi connectivity index (χ1n) is 11.8. The van der Waals surface area contributed by atoms with E-state index in [2.05, 4.69) is 34.5 Å². The van der Waals surface area contributed by atoms with Crippen molar-refractivity contribution >= 4 is 39.1 Å². The Labute approximate surface area is 212 Å². The van der Waals surface area contributed by atoms with Gasteiger partial charge < -0.3 is 5.32 Å². The molecular weight excluding hydrogens is 493 g/mol. The summed E-state index contributed by atoms with van der Waals surface area (Å²) in [5.41, 5.74) is 2.83. The molecule has 2 aliphatic rings. The normalized spacial score (nSPS) is 19.9. The van der Waals surface area contributed by atoms with Gasteiger partial charge in [-0.15, -0.1) is 0 Å². The Kier molecular flexibility index (Phi) is 8.53. The Morgan fingerprint density at radius 2 is 1.68 bits per heavy atom. The molecule has 9 heteroatoms. The Morgan fingerprint density at radius 3 is 2.38 bits per heavy atom. The highest BCUT2D eigenvalue weighted by Gasteiger charge is 2.32. The average molecular weight is 525 g/mol. The highest BCUT2D eigenvalue weighted by Crippen LogP contribution is 2.26. The van der Waals surface area contributed by atoms with E-state index < -0.39 is 10.0 Å². The maximum Gasteiger partial charge on any atom is 0.224 e. The number of sulfonamides is 1. The van der Waals surface area contributed by atoms with Gasteiger partial charge in [0.1, 0.15) is 0 Å². The maximum absolute atomic E-state index is 13.0. The zero-order valence-corrected chi connectivity index (χ0v) is 21.5. The molecule has 2 aromatic rings. The summed E-state index contributed by atoms with van der Waals surface area (Å²) >= 11 is 12.1. The summed E-state index contributed by atoms with van der Waals surface area (Å²) < 4.78 is 27.4. The summed E-state index contributed by atoms with van der Waals surface area (Å²) in [4.78, 5) is 15.3. The average Bonchev–Trinajstić information content (AvgIpc) is 3.33. The number of hydrogen-bond acceptors (Lipinski definition) is 4. The van der Waals surface area contributed by atoms with Gasteiger partial charge in [-0.05, 0) is 67.6 Å². The number of benzene rings is 2. The second kappa shape index (κ2) is 11.4. The Hall–Kier alpha value is -1.64. The molecule has 0 saturated carbocycles. The zero-order valence-electron chi connectivity index (χ0n) is 19.2. The lowest BCUT2D eigenvalue weighted by atomic mass is 9.98. The lowest BCUT2D eigenvalue weighted by Gasteiger charge is -2.31. The molecule has 1 amide bonds. The monoisotopic (exact) mass is 523 g/mol. The number of carbonyl (C=O) groups excluding carboxylic acids is 1. The minimum absolute atomic E-state index is 0.106. The number of amides is 1. The molecule has 0 unspecified atom stereocenters. The lowest BCUT2D eigenvalue weighted by Crippen LogP contribution is -2.45. The maximum atomic E-state index is 13.0. The van der Waals surface area contributed by atoms with Crippen molar-refractivity contribution in [1.82, 2.24) is 14.5 Å². The fraction of sp³-hybridized carbons (Fsp3) is 0.480. The Bertz CT molecular complexity index is 1100. The molecule has 184 valence electrons. The van der Waals surface area contributed by atoms with Crippen molar-refractivity contribution in [2.45, 2.75) is 44.5 Å². The molecule has 2 saturated heterocycles. The number of piperidine rings is 1. The van der Waals surface area contributed by atoms with Crippen LogP contribution in [-0.4, -0.2) is 49.7 Å². The zero-order chi connectivity index (χ0) is 24.1. The number of carbonyl (C=O) groups is 1. The summed E-state index contributed by atoms with van der Waals surface area (Å²) in [6, 6.07) is 13.2. The highest BCUT2D eigenvalue weighted by atomic mass is 35.5. The van der Waals surface area contributed by atoms with Gasteiger partial charge in [-0.3, -0.25) is 9.69 Å². The first-order valence-corrected chi connectivity index (χ1v) is 14.2. The van der Waals surface area contributed by atoms with Gasteiger partial charge in [0.25, 0.3) is 0 Å². The first-order chi connectivity index (χ1) is 16.3. The van der Waals surface area contributed by atoms with Crippen LogP contribution >= 0.6 is 23.2 Å². The quantitative estimate of drug-likeness (QED) is 0.554. The number of nitrogens with one attached hydrogen (secondary N) is 1. The molecule has 0 radical (unpaired) electrons. The second-order valence-corrected chi connectivity index (χ2v) is 12.0. The van der Waals surface area contributed by atoms with Crippen LogP contribution in [0.25, 0.3) is 0 Å². The van der Waals surface area contributed by atoms with Gasteiger partial charge in [-0.25, -0.2) is 12.7 Å². The molecule has 0 bridgehead atoms. The van der Waals surface area contributed by atoms with Gasteiger partial charge in [0.05, 0.1) is 11.7 Å². The minimum atomic E-state index is -3.60. The van der Waals surface area contributed by atoms with E-state index in [0.717, 1.165) is 12.1 Å². The predicted octanol–water partition coefficient (Wildman–Crippen LogP) is 4.45. The number of rotatable bonds is 8. The van der Waals surface area contributed by atoms with Gasteiger partial charge in [-0.2, -0.15) is 0 Å². The number of halogens is 2. The van der Waals surface area contributed by atoms with E-state index in [0.29, 0.717) is 41.5 Å². The van der Waals surface area contributed by atoms with Crippen molar-refractivity contribution in [2.75, 3.05) is 26.2 Å². The van der Waals surface area contributed by atoms with Crippen LogP contribution in [0.1, 0.15) is 42.4 Å². The third-order valence-electron chi connectivity index (χ3n) is 6.60. The standard InChI is InChI=1S/C25H31Cl2N3O3S/c26-23-10-9-22(24(27)14-23)18-34(32,33)30-13-3-4-21(17-30)25(31)28-15-19-5-7-20(8-6-19)16-29-11-1-2-12-29/h5-10,14,21H,1-4,11-13,15-18H2,(H,28,31)/t21-/m0/s1. The van der Waals surface area contributed by atoms with E-state index in [4.69, 9.17) is 23.2 Å². The van der Waals surface area contributed by atoms with E-state index in [-0.39, 0.29) is 24.1 Å². The molecule has 6 nitrogen and oxygen atoms in total. The van der Waals surface area contributed by atoms with Crippen LogP contribution in [0.2, 0.25) is 10.0 Å². The lowest BCUT2D eigenvalue weighted by molar-refractivity contribution is -0.126. The summed E-state index contributed by atoms with van der Waals surface area (Å²) in [6.07, 6.45) is 3.88. The van der Waals surface area contributed by atoms with Crippen LogP contribution in [0.3, 0.4) is 0 Å². The third kappa shape index (κ3) is 6.73. The molecule has 2 aromatic carbocycles. The Morgan fingerprint density at radius 1 is 0.971 bits per heavy atom. The topological polar surface area (TPSA) is 69.7 Å². The van der Waals surface area contributed by atoms with E-state index in [1.807, 2.05) is 0 Å². The van der Waals surface area contributed by atoms with Gasteiger partial charge in [0.15, 0.2) is 0 Å². The van der Waals surface area contributed by atoms with Gasteiger partial charge in [0.2, 0.25) is 15.9 Å². The molecule has 0 spiro atoms. The summed E-state index contributed by atoms with van der Waals surface area (Å²) in [5, 5.41) is 3.78.